The second-order valence-electron chi connectivity index (χ2n) is 7.44. The van der Waals surface area contributed by atoms with Crippen molar-refractivity contribution >= 4 is 17.2 Å². The molecule has 1 fully saturated rings. The first-order valence-electron chi connectivity index (χ1n) is 8.84. The molecule has 2 heterocycles. The lowest BCUT2D eigenvalue weighted by molar-refractivity contribution is 0.0635. The van der Waals surface area contributed by atoms with Crippen molar-refractivity contribution in [1.82, 2.24) is 14.8 Å². The summed E-state index contributed by atoms with van der Waals surface area (Å²) in [5.74, 6) is 1.50. The van der Waals surface area contributed by atoms with E-state index in [0.29, 0.717) is 5.92 Å². The first-order valence-corrected chi connectivity index (χ1v) is 9.66. The largest absolute Gasteiger partial charge is 0.335 e. The van der Waals surface area contributed by atoms with E-state index in [0.717, 1.165) is 60.6 Å². The van der Waals surface area contributed by atoms with Gasteiger partial charge in [0.25, 0.3) is 5.91 Å². The number of hydrogen-bond donors (Lipinski definition) is 0. The molecule has 5 heteroatoms. The van der Waals surface area contributed by atoms with E-state index >= 15 is 0 Å². The smallest absolute Gasteiger partial charge is 0.265 e. The predicted molar refractivity (Wildman–Crippen MR) is 97.2 cm³/mol. The Bertz CT molecular complexity index is 516. The lowest BCUT2D eigenvalue weighted by Gasteiger charge is -2.34. The van der Waals surface area contributed by atoms with E-state index in [1.807, 2.05) is 11.8 Å². The maximum atomic E-state index is 12.8. The third-order valence-corrected chi connectivity index (χ3v) is 5.47. The van der Waals surface area contributed by atoms with Crippen molar-refractivity contribution in [2.24, 2.45) is 11.8 Å². The van der Waals surface area contributed by atoms with Gasteiger partial charge < -0.3 is 4.90 Å². The van der Waals surface area contributed by atoms with Crippen LogP contribution in [0.4, 0.5) is 0 Å². The zero-order chi connectivity index (χ0) is 17.0. The number of carbonyl (C=O) groups is 1. The van der Waals surface area contributed by atoms with Crippen LogP contribution in [0.3, 0.4) is 0 Å². The molecule has 4 nitrogen and oxygen atoms in total. The van der Waals surface area contributed by atoms with Gasteiger partial charge in [-0.15, -0.1) is 11.3 Å². The number of amides is 1. The Morgan fingerprint density at radius 1 is 1.13 bits per heavy atom. The van der Waals surface area contributed by atoms with Crippen molar-refractivity contribution in [2.45, 2.75) is 47.5 Å². The number of hydrogen-bond acceptors (Lipinski definition) is 4. The molecule has 130 valence electrons. The summed E-state index contributed by atoms with van der Waals surface area (Å²) >= 11 is 1.59. The van der Waals surface area contributed by atoms with Crippen molar-refractivity contribution in [3.63, 3.8) is 0 Å². The van der Waals surface area contributed by atoms with E-state index < -0.39 is 0 Å². The third kappa shape index (κ3) is 5.28. The summed E-state index contributed by atoms with van der Waals surface area (Å²) in [5.41, 5.74) is 0.901. The summed E-state index contributed by atoms with van der Waals surface area (Å²) in [6, 6.07) is 0. The highest BCUT2D eigenvalue weighted by atomic mass is 32.1. The molecule has 1 saturated heterocycles. The van der Waals surface area contributed by atoms with Gasteiger partial charge in [-0.3, -0.25) is 9.69 Å². The number of rotatable bonds is 6. The van der Waals surface area contributed by atoms with Crippen LogP contribution in [0.1, 0.15) is 54.5 Å². The van der Waals surface area contributed by atoms with Crippen LogP contribution >= 0.6 is 11.3 Å². The highest BCUT2D eigenvalue weighted by Crippen LogP contribution is 2.23. The van der Waals surface area contributed by atoms with Gasteiger partial charge in [0.05, 0.1) is 10.7 Å². The second kappa shape index (κ2) is 8.25. The summed E-state index contributed by atoms with van der Waals surface area (Å²) in [4.78, 5) is 22.7. The van der Waals surface area contributed by atoms with Crippen molar-refractivity contribution < 1.29 is 4.79 Å². The van der Waals surface area contributed by atoms with Crippen LogP contribution in [0.25, 0.3) is 0 Å². The van der Waals surface area contributed by atoms with Gasteiger partial charge in [-0.1, -0.05) is 27.7 Å². The fourth-order valence-electron chi connectivity index (χ4n) is 2.85. The first-order chi connectivity index (χ1) is 10.9. The van der Waals surface area contributed by atoms with Crippen molar-refractivity contribution in [2.75, 3.05) is 32.7 Å². The van der Waals surface area contributed by atoms with E-state index in [4.69, 9.17) is 0 Å². The number of aromatic nitrogens is 1. The van der Waals surface area contributed by atoms with Crippen LogP contribution in [-0.2, 0) is 6.42 Å². The first kappa shape index (κ1) is 18.4. The average molecular weight is 338 g/mol. The van der Waals surface area contributed by atoms with Gasteiger partial charge >= 0.3 is 0 Å². The molecule has 0 atom stereocenters. The highest BCUT2D eigenvalue weighted by Gasteiger charge is 2.25. The quantitative estimate of drug-likeness (QED) is 0.798. The molecule has 2 rings (SSSR count). The summed E-state index contributed by atoms with van der Waals surface area (Å²) in [6.07, 6.45) is 2.20. The van der Waals surface area contributed by atoms with Crippen molar-refractivity contribution in [3.05, 3.63) is 15.6 Å². The summed E-state index contributed by atoms with van der Waals surface area (Å²) in [5, 5.41) is 1.09. The lowest BCUT2D eigenvalue weighted by Crippen LogP contribution is -2.48. The Morgan fingerprint density at radius 2 is 1.78 bits per heavy atom. The SMILES string of the molecule is Cc1nc(CC(C)C)sc1C(=O)N1CCN(CCC(C)C)CC1. The minimum absolute atomic E-state index is 0.179. The van der Waals surface area contributed by atoms with Crippen LogP contribution in [0.15, 0.2) is 0 Å². The van der Waals surface area contributed by atoms with E-state index in [9.17, 15) is 4.79 Å². The van der Waals surface area contributed by atoms with Crippen LogP contribution in [0.5, 0.6) is 0 Å². The molecule has 23 heavy (non-hydrogen) atoms. The molecular weight excluding hydrogens is 306 g/mol. The van der Waals surface area contributed by atoms with Gasteiger partial charge in [-0.2, -0.15) is 0 Å². The number of aryl methyl sites for hydroxylation is 1. The molecule has 1 amide bonds. The van der Waals surface area contributed by atoms with Crippen LogP contribution < -0.4 is 0 Å². The van der Waals surface area contributed by atoms with E-state index in [1.54, 1.807) is 11.3 Å². The molecule has 1 aromatic heterocycles. The van der Waals surface area contributed by atoms with Gasteiger partial charge in [0, 0.05) is 32.6 Å². The maximum Gasteiger partial charge on any atom is 0.265 e. The van der Waals surface area contributed by atoms with Gasteiger partial charge in [0.2, 0.25) is 0 Å². The predicted octanol–water partition coefficient (Wildman–Crippen LogP) is 3.45. The standard InChI is InChI=1S/C18H31N3OS/c1-13(2)6-7-20-8-10-21(11-9-20)18(22)17-15(5)19-16(23-17)12-14(3)4/h13-14H,6-12H2,1-5H3. The number of carbonyl (C=O) groups excluding carboxylic acids is 1. The Labute approximate surface area is 144 Å². The Hall–Kier alpha value is -0.940. The molecule has 0 unspecified atom stereocenters. The molecule has 0 radical (unpaired) electrons. The molecule has 0 saturated carbocycles. The molecule has 0 bridgehead atoms. The summed E-state index contributed by atoms with van der Waals surface area (Å²) < 4.78 is 0. The lowest BCUT2D eigenvalue weighted by atomic mass is 10.1. The van der Waals surface area contributed by atoms with Crippen LogP contribution in [0.2, 0.25) is 0 Å². The normalized spacial score (nSPS) is 16.6. The van der Waals surface area contributed by atoms with Crippen molar-refractivity contribution in [3.8, 4) is 0 Å². The topological polar surface area (TPSA) is 36.4 Å². The van der Waals surface area contributed by atoms with Gasteiger partial charge in [0.15, 0.2) is 0 Å². The molecule has 1 aliphatic rings. The van der Waals surface area contributed by atoms with Crippen LogP contribution in [-0.4, -0.2) is 53.4 Å². The zero-order valence-electron chi connectivity index (χ0n) is 15.3. The van der Waals surface area contributed by atoms with Gasteiger partial charge in [0.1, 0.15) is 4.88 Å². The van der Waals surface area contributed by atoms with E-state index in [-0.39, 0.29) is 5.91 Å². The highest BCUT2D eigenvalue weighted by molar-refractivity contribution is 7.13. The fourth-order valence-corrected chi connectivity index (χ4v) is 4.09. The molecule has 0 spiro atoms. The van der Waals surface area contributed by atoms with E-state index in [1.165, 1.54) is 6.42 Å². The van der Waals surface area contributed by atoms with Crippen LogP contribution in [0, 0.1) is 18.8 Å². The summed E-state index contributed by atoms with van der Waals surface area (Å²) in [6.45, 7) is 15.7. The maximum absolute atomic E-state index is 12.8. The fraction of sp³-hybridized carbons (Fsp3) is 0.778. The Balaban J connectivity index is 1.91. The van der Waals surface area contributed by atoms with Crippen molar-refractivity contribution in [1.29, 1.82) is 0 Å². The van der Waals surface area contributed by atoms with Gasteiger partial charge in [-0.05, 0) is 31.7 Å². The minimum atomic E-state index is 0.179. The number of piperazine rings is 1. The number of nitrogens with zero attached hydrogens (tertiary/aromatic N) is 3. The molecular formula is C18H31N3OS. The monoisotopic (exact) mass is 337 g/mol. The molecule has 0 aliphatic carbocycles. The molecule has 1 aromatic rings. The second-order valence-corrected chi connectivity index (χ2v) is 8.52. The molecule has 0 N–H and O–H groups in total. The third-order valence-electron chi connectivity index (χ3n) is 4.30. The number of thiazole rings is 1. The summed E-state index contributed by atoms with van der Waals surface area (Å²) in [7, 11) is 0. The Kier molecular flexibility index (Phi) is 6.60. The van der Waals surface area contributed by atoms with Gasteiger partial charge in [-0.25, -0.2) is 4.98 Å². The molecule has 1 aliphatic heterocycles. The average Bonchev–Trinajstić information content (AvgIpc) is 2.84. The Morgan fingerprint density at radius 3 is 2.35 bits per heavy atom. The molecule has 0 aromatic carbocycles. The van der Waals surface area contributed by atoms with E-state index in [2.05, 4.69) is 37.6 Å². The minimum Gasteiger partial charge on any atom is -0.335 e. The zero-order valence-corrected chi connectivity index (χ0v) is 16.1.